The molecule has 0 heterocycles. The Kier molecular flexibility index (Phi) is 6.75. The second-order valence-corrected chi connectivity index (χ2v) is 8.42. The molecule has 0 aliphatic rings. The zero-order valence-electron chi connectivity index (χ0n) is 19.6. The highest BCUT2D eigenvalue weighted by Gasteiger charge is 2.15. The van der Waals surface area contributed by atoms with Gasteiger partial charge < -0.3 is 10.1 Å². The van der Waals surface area contributed by atoms with Crippen LogP contribution in [0.1, 0.15) is 27.8 Å². The van der Waals surface area contributed by atoms with E-state index in [1.165, 1.54) is 5.56 Å². The summed E-state index contributed by atoms with van der Waals surface area (Å²) in [7, 11) is 0. The van der Waals surface area contributed by atoms with Crippen molar-refractivity contribution in [3.05, 3.63) is 112 Å². The number of hydrogen-bond acceptors (Lipinski definition) is 3. The van der Waals surface area contributed by atoms with Crippen molar-refractivity contribution in [1.29, 1.82) is 5.26 Å². The third kappa shape index (κ3) is 5.16. The predicted octanol–water partition coefficient (Wildman–Crippen LogP) is 6.89. The van der Waals surface area contributed by atoms with E-state index in [4.69, 9.17) is 4.74 Å². The summed E-state index contributed by atoms with van der Waals surface area (Å²) in [5.74, 6) is 0.165. The standard InChI is InChI=1S/C30H26N2O2/c1-20-8-11-23(12-9-20)19-34-29-15-13-24-6-4-5-7-26(24)27(29)17-25(18-31)30(33)32-28-14-10-21(2)16-22(28)3/h4-17H,19H2,1-3H3,(H,32,33)/b25-17+. The smallest absolute Gasteiger partial charge is 0.266 e. The van der Waals surface area contributed by atoms with Gasteiger partial charge in [-0.25, -0.2) is 0 Å². The lowest BCUT2D eigenvalue weighted by Crippen LogP contribution is -2.14. The average molecular weight is 447 g/mol. The molecular weight excluding hydrogens is 420 g/mol. The highest BCUT2D eigenvalue weighted by Crippen LogP contribution is 2.31. The zero-order chi connectivity index (χ0) is 24.1. The first-order valence-corrected chi connectivity index (χ1v) is 11.1. The molecule has 1 N–H and O–H groups in total. The van der Waals surface area contributed by atoms with Gasteiger partial charge in [0.1, 0.15) is 24.0 Å². The number of fused-ring (bicyclic) bond motifs is 1. The van der Waals surface area contributed by atoms with Crippen molar-refractivity contribution in [2.45, 2.75) is 27.4 Å². The van der Waals surface area contributed by atoms with Gasteiger partial charge in [0.25, 0.3) is 5.91 Å². The molecule has 4 aromatic rings. The predicted molar refractivity (Wildman–Crippen MR) is 138 cm³/mol. The number of carbonyl (C=O) groups is 1. The molecule has 4 rings (SSSR count). The second kappa shape index (κ2) is 10.1. The number of aryl methyl sites for hydroxylation is 3. The molecule has 168 valence electrons. The summed E-state index contributed by atoms with van der Waals surface area (Å²) in [6.45, 7) is 6.36. The van der Waals surface area contributed by atoms with Gasteiger partial charge in [-0.05, 0) is 60.9 Å². The molecule has 0 fully saturated rings. The Balaban J connectivity index is 1.69. The van der Waals surface area contributed by atoms with Crippen LogP contribution in [0, 0.1) is 32.1 Å². The van der Waals surface area contributed by atoms with E-state index in [0.717, 1.165) is 27.5 Å². The maximum absolute atomic E-state index is 13.0. The lowest BCUT2D eigenvalue weighted by atomic mass is 10.0. The van der Waals surface area contributed by atoms with Crippen LogP contribution >= 0.6 is 0 Å². The maximum atomic E-state index is 13.0. The number of nitrogens with one attached hydrogen (secondary N) is 1. The Labute approximate surface area is 200 Å². The number of nitriles is 1. The summed E-state index contributed by atoms with van der Waals surface area (Å²) >= 11 is 0. The lowest BCUT2D eigenvalue weighted by Gasteiger charge is -2.13. The fraction of sp³-hybridized carbons (Fsp3) is 0.133. The Bertz CT molecular complexity index is 1430. The molecule has 4 nitrogen and oxygen atoms in total. The van der Waals surface area contributed by atoms with Gasteiger partial charge in [-0.2, -0.15) is 5.26 Å². The highest BCUT2D eigenvalue weighted by atomic mass is 16.5. The Morgan fingerprint density at radius 2 is 1.68 bits per heavy atom. The number of anilines is 1. The van der Waals surface area contributed by atoms with Crippen LogP contribution in [0.4, 0.5) is 5.69 Å². The van der Waals surface area contributed by atoms with Gasteiger partial charge in [0.15, 0.2) is 0 Å². The number of benzene rings is 4. The molecule has 0 bridgehead atoms. The van der Waals surface area contributed by atoms with Crippen LogP contribution in [0.3, 0.4) is 0 Å². The zero-order valence-corrected chi connectivity index (χ0v) is 19.6. The van der Waals surface area contributed by atoms with Gasteiger partial charge in [-0.1, -0.05) is 77.9 Å². The quantitative estimate of drug-likeness (QED) is 0.259. The van der Waals surface area contributed by atoms with E-state index in [2.05, 4.69) is 11.4 Å². The molecule has 0 radical (unpaired) electrons. The van der Waals surface area contributed by atoms with Gasteiger partial charge in [0.05, 0.1) is 0 Å². The van der Waals surface area contributed by atoms with Gasteiger partial charge >= 0.3 is 0 Å². The number of rotatable bonds is 6. The van der Waals surface area contributed by atoms with Gasteiger partial charge in [-0.3, -0.25) is 4.79 Å². The van der Waals surface area contributed by atoms with Crippen molar-refractivity contribution < 1.29 is 9.53 Å². The SMILES string of the molecule is Cc1ccc(COc2ccc3ccccc3c2/C=C(\C#N)C(=O)Nc2ccc(C)cc2C)cc1. The molecule has 0 atom stereocenters. The van der Waals surface area contributed by atoms with Crippen molar-refractivity contribution in [3.63, 3.8) is 0 Å². The van der Waals surface area contributed by atoms with Crippen LogP contribution in [-0.2, 0) is 11.4 Å². The number of hydrogen-bond donors (Lipinski definition) is 1. The van der Waals surface area contributed by atoms with E-state index < -0.39 is 5.91 Å². The molecule has 4 heteroatoms. The molecule has 0 saturated heterocycles. The first kappa shape index (κ1) is 22.8. The molecule has 0 unspecified atom stereocenters. The third-order valence-electron chi connectivity index (χ3n) is 5.73. The van der Waals surface area contributed by atoms with Gasteiger partial charge in [0, 0.05) is 11.3 Å². The summed E-state index contributed by atoms with van der Waals surface area (Å²) in [6, 6.07) is 27.7. The molecule has 34 heavy (non-hydrogen) atoms. The maximum Gasteiger partial charge on any atom is 0.266 e. The van der Waals surface area contributed by atoms with E-state index in [9.17, 15) is 10.1 Å². The fourth-order valence-electron chi connectivity index (χ4n) is 3.83. The molecule has 4 aromatic carbocycles. The molecule has 1 amide bonds. The minimum absolute atomic E-state index is 0.0107. The van der Waals surface area contributed by atoms with Crippen molar-refractivity contribution in [2.75, 3.05) is 5.32 Å². The summed E-state index contributed by atoms with van der Waals surface area (Å²) in [4.78, 5) is 13.0. The van der Waals surface area contributed by atoms with E-state index in [0.29, 0.717) is 23.6 Å². The Hall–Kier alpha value is -4.36. The molecular formula is C30H26N2O2. The number of carbonyl (C=O) groups excluding carboxylic acids is 1. The van der Waals surface area contributed by atoms with Crippen LogP contribution < -0.4 is 10.1 Å². The highest BCUT2D eigenvalue weighted by molar-refractivity contribution is 6.11. The fourth-order valence-corrected chi connectivity index (χ4v) is 3.83. The minimum Gasteiger partial charge on any atom is -0.488 e. The second-order valence-electron chi connectivity index (χ2n) is 8.42. The largest absolute Gasteiger partial charge is 0.488 e. The number of amides is 1. The molecule has 0 aliphatic heterocycles. The number of ether oxygens (including phenoxy) is 1. The first-order valence-electron chi connectivity index (χ1n) is 11.1. The van der Waals surface area contributed by atoms with Crippen LogP contribution in [0.25, 0.3) is 16.8 Å². The summed E-state index contributed by atoms with van der Waals surface area (Å²) < 4.78 is 6.16. The van der Waals surface area contributed by atoms with Crippen molar-refractivity contribution >= 4 is 28.4 Å². The van der Waals surface area contributed by atoms with Crippen molar-refractivity contribution in [3.8, 4) is 11.8 Å². The van der Waals surface area contributed by atoms with E-state index in [1.54, 1.807) is 6.08 Å². The van der Waals surface area contributed by atoms with E-state index in [-0.39, 0.29) is 5.57 Å². The number of nitrogens with zero attached hydrogens (tertiary/aromatic N) is 1. The van der Waals surface area contributed by atoms with Crippen molar-refractivity contribution in [1.82, 2.24) is 0 Å². The topological polar surface area (TPSA) is 62.1 Å². The van der Waals surface area contributed by atoms with E-state index >= 15 is 0 Å². The summed E-state index contributed by atoms with van der Waals surface area (Å²) in [5.41, 5.74) is 5.68. The molecule has 0 aromatic heterocycles. The molecule has 0 spiro atoms. The Morgan fingerprint density at radius 1 is 0.941 bits per heavy atom. The normalized spacial score (nSPS) is 11.2. The van der Waals surface area contributed by atoms with Crippen LogP contribution in [0.2, 0.25) is 0 Å². The minimum atomic E-state index is -0.452. The van der Waals surface area contributed by atoms with Gasteiger partial charge in [-0.15, -0.1) is 0 Å². The van der Waals surface area contributed by atoms with Gasteiger partial charge in [0.2, 0.25) is 0 Å². The van der Waals surface area contributed by atoms with Crippen LogP contribution in [0.5, 0.6) is 5.75 Å². The summed E-state index contributed by atoms with van der Waals surface area (Å²) in [5, 5.41) is 14.6. The Morgan fingerprint density at radius 3 is 2.41 bits per heavy atom. The van der Waals surface area contributed by atoms with Crippen LogP contribution in [0.15, 0.2) is 84.4 Å². The average Bonchev–Trinajstić information content (AvgIpc) is 2.84. The summed E-state index contributed by atoms with van der Waals surface area (Å²) in [6.07, 6.45) is 1.62. The van der Waals surface area contributed by atoms with E-state index in [1.807, 2.05) is 99.6 Å². The first-order chi connectivity index (χ1) is 16.4. The van der Waals surface area contributed by atoms with Crippen LogP contribution in [-0.4, -0.2) is 5.91 Å². The third-order valence-corrected chi connectivity index (χ3v) is 5.73. The monoisotopic (exact) mass is 446 g/mol. The lowest BCUT2D eigenvalue weighted by molar-refractivity contribution is -0.112. The molecule has 0 aliphatic carbocycles. The van der Waals surface area contributed by atoms with Crippen molar-refractivity contribution in [2.24, 2.45) is 0 Å². The molecule has 0 saturated carbocycles.